The molecule has 0 amide bonds. The quantitative estimate of drug-likeness (QED) is 0.450. The highest BCUT2D eigenvalue weighted by molar-refractivity contribution is 5.02. The maximum atomic E-state index is 9.64. The molecule has 0 rings (SSSR count). The first-order chi connectivity index (χ1) is 6.22. The van der Waals surface area contributed by atoms with Crippen molar-refractivity contribution in [3.05, 3.63) is 24.8 Å². The SMILES string of the molecule is C=CCCC(=C)C(O)CCCCC. The van der Waals surface area contributed by atoms with Gasteiger partial charge in [-0.05, 0) is 24.8 Å². The number of unbranched alkanes of at least 4 members (excludes halogenated alkanes) is 2. The molecule has 0 bridgehead atoms. The normalized spacial score (nSPS) is 12.5. The van der Waals surface area contributed by atoms with Gasteiger partial charge in [-0.2, -0.15) is 0 Å². The molecule has 0 heterocycles. The van der Waals surface area contributed by atoms with E-state index in [-0.39, 0.29) is 6.10 Å². The van der Waals surface area contributed by atoms with E-state index in [0.717, 1.165) is 31.3 Å². The van der Waals surface area contributed by atoms with Crippen LogP contribution < -0.4 is 0 Å². The highest BCUT2D eigenvalue weighted by Crippen LogP contribution is 2.14. The minimum absolute atomic E-state index is 0.300. The van der Waals surface area contributed by atoms with Crippen LogP contribution in [0.15, 0.2) is 24.8 Å². The maximum Gasteiger partial charge on any atom is 0.0747 e. The minimum atomic E-state index is -0.300. The molecule has 0 fully saturated rings. The van der Waals surface area contributed by atoms with Gasteiger partial charge in [-0.15, -0.1) is 6.58 Å². The summed E-state index contributed by atoms with van der Waals surface area (Å²) in [7, 11) is 0. The van der Waals surface area contributed by atoms with Crippen LogP contribution in [0.5, 0.6) is 0 Å². The van der Waals surface area contributed by atoms with Gasteiger partial charge in [-0.25, -0.2) is 0 Å². The van der Waals surface area contributed by atoms with Crippen molar-refractivity contribution in [2.75, 3.05) is 0 Å². The van der Waals surface area contributed by atoms with E-state index in [9.17, 15) is 5.11 Å². The molecule has 0 aromatic heterocycles. The molecule has 1 nitrogen and oxygen atoms in total. The van der Waals surface area contributed by atoms with Crippen molar-refractivity contribution in [1.29, 1.82) is 0 Å². The third kappa shape index (κ3) is 6.59. The van der Waals surface area contributed by atoms with E-state index < -0.39 is 0 Å². The largest absolute Gasteiger partial charge is 0.389 e. The summed E-state index contributed by atoms with van der Waals surface area (Å²) in [6, 6.07) is 0. The molecule has 76 valence electrons. The second-order valence-electron chi connectivity index (χ2n) is 3.50. The van der Waals surface area contributed by atoms with Crippen molar-refractivity contribution in [2.24, 2.45) is 0 Å². The van der Waals surface area contributed by atoms with Crippen LogP contribution in [0.4, 0.5) is 0 Å². The monoisotopic (exact) mass is 182 g/mol. The van der Waals surface area contributed by atoms with Crippen LogP contribution in [0, 0.1) is 0 Å². The number of hydrogen-bond acceptors (Lipinski definition) is 1. The van der Waals surface area contributed by atoms with Crippen LogP contribution in [-0.4, -0.2) is 11.2 Å². The van der Waals surface area contributed by atoms with Crippen molar-refractivity contribution in [1.82, 2.24) is 0 Å². The van der Waals surface area contributed by atoms with Crippen molar-refractivity contribution >= 4 is 0 Å². The Hall–Kier alpha value is -0.560. The zero-order chi connectivity index (χ0) is 10.1. The van der Waals surface area contributed by atoms with Gasteiger partial charge in [0.1, 0.15) is 0 Å². The van der Waals surface area contributed by atoms with Crippen LogP contribution in [0.1, 0.15) is 45.4 Å². The lowest BCUT2D eigenvalue weighted by Gasteiger charge is -2.12. The second-order valence-corrected chi connectivity index (χ2v) is 3.50. The maximum absolute atomic E-state index is 9.64. The summed E-state index contributed by atoms with van der Waals surface area (Å²) in [5.41, 5.74) is 0.955. The van der Waals surface area contributed by atoms with E-state index >= 15 is 0 Å². The van der Waals surface area contributed by atoms with Gasteiger partial charge in [0, 0.05) is 0 Å². The Balaban J connectivity index is 3.50. The van der Waals surface area contributed by atoms with Crippen LogP contribution in [0.3, 0.4) is 0 Å². The van der Waals surface area contributed by atoms with E-state index in [1.54, 1.807) is 0 Å². The fourth-order valence-electron chi connectivity index (χ4n) is 1.25. The summed E-state index contributed by atoms with van der Waals surface area (Å²) < 4.78 is 0. The van der Waals surface area contributed by atoms with Crippen molar-refractivity contribution in [2.45, 2.75) is 51.6 Å². The number of aliphatic hydroxyl groups excluding tert-OH is 1. The Kier molecular flexibility index (Phi) is 7.71. The first kappa shape index (κ1) is 12.4. The summed E-state index contributed by atoms with van der Waals surface area (Å²) in [4.78, 5) is 0. The third-order valence-corrected chi connectivity index (χ3v) is 2.22. The Morgan fingerprint density at radius 3 is 2.69 bits per heavy atom. The molecule has 0 aliphatic rings. The second kappa shape index (κ2) is 8.06. The summed E-state index contributed by atoms with van der Waals surface area (Å²) in [6.07, 6.45) is 7.72. The number of aliphatic hydroxyl groups is 1. The highest BCUT2D eigenvalue weighted by atomic mass is 16.3. The average molecular weight is 182 g/mol. The molecule has 0 aliphatic heterocycles. The molecule has 1 heteroatoms. The highest BCUT2D eigenvalue weighted by Gasteiger charge is 2.06. The van der Waals surface area contributed by atoms with Gasteiger partial charge in [-0.1, -0.05) is 38.8 Å². The number of allylic oxidation sites excluding steroid dienone is 1. The van der Waals surface area contributed by atoms with E-state index in [4.69, 9.17) is 0 Å². The summed E-state index contributed by atoms with van der Waals surface area (Å²) >= 11 is 0. The molecule has 0 spiro atoms. The molecule has 0 saturated carbocycles. The lowest BCUT2D eigenvalue weighted by atomic mass is 10.0. The van der Waals surface area contributed by atoms with E-state index in [2.05, 4.69) is 20.1 Å². The fourth-order valence-corrected chi connectivity index (χ4v) is 1.25. The van der Waals surface area contributed by atoms with Gasteiger partial charge < -0.3 is 5.11 Å². The first-order valence-electron chi connectivity index (χ1n) is 5.19. The molecule has 0 aromatic carbocycles. The van der Waals surface area contributed by atoms with Gasteiger partial charge in [0.05, 0.1) is 6.10 Å². The number of hydrogen-bond donors (Lipinski definition) is 1. The van der Waals surface area contributed by atoms with Gasteiger partial charge in [-0.3, -0.25) is 0 Å². The molecule has 0 aromatic rings. The molecule has 0 saturated heterocycles. The van der Waals surface area contributed by atoms with Crippen LogP contribution in [-0.2, 0) is 0 Å². The first-order valence-corrected chi connectivity index (χ1v) is 5.19. The minimum Gasteiger partial charge on any atom is -0.389 e. The Morgan fingerprint density at radius 2 is 2.15 bits per heavy atom. The molecule has 13 heavy (non-hydrogen) atoms. The molecule has 1 N–H and O–H groups in total. The Bertz CT molecular complexity index is 149. The van der Waals surface area contributed by atoms with Crippen LogP contribution in [0.2, 0.25) is 0 Å². The molecular formula is C12H22O. The molecule has 1 atom stereocenters. The summed E-state index contributed by atoms with van der Waals surface area (Å²) in [5.74, 6) is 0. The molecule has 0 radical (unpaired) electrons. The van der Waals surface area contributed by atoms with E-state index in [1.165, 1.54) is 12.8 Å². The summed E-state index contributed by atoms with van der Waals surface area (Å²) in [5, 5.41) is 9.64. The topological polar surface area (TPSA) is 20.2 Å². The van der Waals surface area contributed by atoms with E-state index in [0.29, 0.717) is 0 Å². The lowest BCUT2D eigenvalue weighted by molar-refractivity contribution is 0.193. The fraction of sp³-hybridized carbons (Fsp3) is 0.667. The number of rotatable bonds is 8. The van der Waals surface area contributed by atoms with Crippen molar-refractivity contribution in [3.63, 3.8) is 0 Å². The summed E-state index contributed by atoms with van der Waals surface area (Å²) in [6.45, 7) is 9.68. The van der Waals surface area contributed by atoms with Crippen LogP contribution in [0.25, 0.3) is 0 Å². The zero-order valence-corrected chi connectivity index (χ0v) is 8.76. The smallest absolute Gasteiger partial charge is 0.0747 e. The van der Waals surface area contributed by atoms with Gasteiger partial charge in [0.2, 0.25) is 0 Å². The van der Waals surface area contributed by atoms with Crippen molar-refractivity contribution < 1.29 is 5.11 Å². The molecule has 0 aliphatic carbocycles. The Morgan fingerprint density at radius 1 is 1.46 bits per heavy atom. The third-order valence-electron chi connectivity index (χ3n) is 2.22. The van der Waals surface area contributed by atoms with Gasteiger partial charge >= 0.3 is 0 Å². The van der Waals surface area contributed by atoms with Gasteiger partial charge in [0.25, 0.3) is 0 Å². The molecular weight excluding hydrogens is 160 g/mol. The average Bonchev–Trinajstić information content (AvgIpc) is 2.14. The predicted octanol–water partition coefficient (Wildman–Crippen LogP) is 3.45. The lowest BCUT2D eigenvalue weighted by Crippen LogP contribution is -2.09. The standard InChI is InChI=1S/C12H22O/c1-4-6-8-10-12(13)11(3)9-7-5-2/h5,12-13H,2-4,6-10H2,1H3. The van der Waals surface area contributed by atoms with Crippen LogP contribution >= 0.6 is 0 Å². The van der Waals surface area contributed by atoms with E-state index in [1.807, 2.05) is 6.08 Å². The zero-order valence-electron chi connectivity index (χ0n) is 8.76. The Labute approximate surface area is 82.2 Å². The predicted molar refractivity (Wildman–Crippen MR) is 58.7 cm³/mol. The molecule has 1 unspecified atom stereocenters. The van der Waals surface area contributed by atoms with Crippen molar-refractivity contribution in [3.8, 4) is 0 Å². The van der Waals surface area contributed by atoms with Gasteiger partial charge in [0.15, 0.2) is 0 Å².